The van der Waals surface area contributed by atoms with Gasteiger partial charge in [0.25, 0.3) is 0 Å². The van der Waals surface area contributed by atoms with E-state index in [1.165, 1.54) is 12.1 Å². The van der Waals surface area contributed by atoms with E-state index in [0.29, 0.717) is 13.1 Å². The van der Waals surface area contributed by atoms with Crippen LogP contribution in [-0.4, -0.2) is 48.6 Å². The highest BCUT2D eigenvalue weighted by Gasteiger charge is 2.36. The highest BCUT2D eigenvalue weighted by atomic mass is 19.1. The lowest BCUT2D eigenvalue weighted by Gasteiger charge is -2.41. The number of halogens is 1. The van der Waals surface area contributed by atoms with Gasteiger partial charge in [0.1, 0.15) is 12.4 Å². The molecule has 0 unspecified atom stereocenters. The number of fused-ring (bicyclic) bond motifs is 1. The smallest absolute Gasteiger partial charge is 0.246 e. The highest BCUT2D eigenvalue weighted by molar-refractivity contribution is 5.80. The van der Waals surface area contributed by atoms with Gasteiger partial charge in [0.05, 0.1) is 18.6 Å². The number of morpholine rings is 1. The van der Waals surface area contributed by atoms with Gasteiger partial charge in [-0.25, -0.2) is 4.39 Å². The molecule has 0 spiro atoms. The maximum absolute atomic E-state index is 12.9. The average molecular weight is 292 g/mol. The Morgan fingerprint density at radius 3 is 2.90 bits per heavy atom. The number of piperidine rings is 1. The van der Waals surface area contributed by atoms with Gasteiger partial charge < -0.3 is 15.0 Å². The van der Waals surface area contributed by atoms with Crippen molar-refractivity contribution in [3.63, 3.8) is 0 Å². The summed E-state index contributed by atoms with van der Waals surface area (Å²) >= 11 is 0. The molecule has 1 aromatic carbocycles. The molecule has 0 aromatic heterocycles. The number of likely N-dealkylation sites (tertiary alicyclic amines) is 1. The minimum absolute atomic E-state index is 0.00225. The van der Waals surface area contributed by atoms with Gasteiger partial charge in [-0.1, -0.05) is 12.1 Å². The molecule has 6 heteroatoms. The zero-order chi connectivity index (χ0) is 14.8. The lowest BCUT2D eigenvalue weighted by Crippen LogP contribution is -2.61. The molecule has 0 saturated carbocycles. The first-order valence-electron chi connectivity index (χ1n) is 7.05. The van der Waals surface area contributed by atoms with Crippen LogP contribution in [0.1, 0.15) is 12.0 Å². The summed E-state index contributed by atoms with van der Waals surface area (Å²) < 4.78 is 18.3. The molecule has 2 saturated heterocycles. The SMILES string of the molecule is O=C1CO[C@@H]2CCN(C(=O)Cc3ccc(F)cc3)C[C@@H]2N1. The van der Waals surface area contributed by atoms with E-state index in [-0.39, 0.29) is 42.8 Å². The molecular weight excluding hydrogens is 275 g/mol. The normalized spacial score (nSPS) is 25.2. The monoisotopic (exact) mass is 292 g/mol. The molecule has 3 rings (SSSR count). The maximum atomic E-state index is 12.9. The predicted molar refractivity (Wildman–Crippen MR) is 73.0 cm³/mol. The third kappa shape index (κ3) is 3.21. The fraction of sp³-hybridized carbons (Fsp3) is 0.467. The topological polar surface area (TPSA) is 58.6 Å². The molecule has 1 aromatic rings. The van der Waals surface area contributed by atoms with Crippen molar-refractivity contribution in [3.05, 3.63) is 35.6 Å². The van der Waals surface area contributed by atoms with Crippen LogP contribution in [0.4, 0.5) is 4.39 Å². The summed E-state index contributed by atoms with van der Waals surface area (Å²) in [5.41, 5.74) is 0.785. The molecule has 1 N–H and O–H groups in total. The summed E-state index contributed by atoms with van der Waals surface area (Å²) in [5, 5.41) is 2.87. The van der Waals surface area contributed by atoms with Crippen molar-refractivity contribution in [2.24, 2.45) is 0 Å². The Kier molecular flexibility index (Phi) is 3.88. The standard InChI is InChI=1S/C15H17FN2O3/c16-11-3-1-10(2-4-11)7-15(20)18-6-5-13-12(8-18)17-14(19)9-21-13/h1-4,12-13H,5-9H2,(H,17,19)/t12-,13+/m0/s1. The molecule has 2 fully saturated rings. The van der Waals surface area contributed by atoms with Gasteiger partial charge in [0.2, 0.25) is 11.8 Å². The number of benzene rings is 1. The Hall–Kier alpha value is -1.95. The van der Waals surface area contributed by atoms with Crippen LogP contribution in [0.3, 0.4) is 0 Å². The van der Waals surface area contributed by atoms with Gasteiger partial charge in [0.15, 0.2) is 0 Å². The van der Waals surface area contributed by atoms with E-state index in [1.54, 1.807) is 17.0 Å². The Labute approximate surface area is 122 Å². The Balaban J connectivity index is 1.60. The summed E-state index contributed by atoms with van der Waals surface area (Å²) in [7, 11) is 0. The first-order valence-corrected chi connectivity index (χ1v) is 7.05. The van der Waals surface area contributed by atoms with Gasteiger partial charge in [-0.05, 0) is 24.1 Å². The number of carbonyl (C=O) groups excluding carboxylic acids is 2. The van der Waals surface area contributed by atoms with Crippen LogP contribution in [0.15, 0.2) is 24.3 Å². The van der Waals surface area contributed by atoms with Crippen LogP contribution < -0.4 is 5.32 Å². The zero-order valence-corrected chi connectivity index (χ0v) is 11.5. The molecule has 0 bridgehead atoms. The quantitative estimate of drug-likeness (QED) is 0.863. The fourth-order valence-corrected chi connectivity index (χ4v) is 2.82. The second-order valence-corrected chi connectivity index (χ2v) is 5.46. The molecule has 5 nitrogen and oxygen atoms in total. The van der Waals surface area contributed by atoms with Crippen molar-refractivity contribution in [1.82, 2.24) is 10.2 Å². The molecule has 0 aliphatic carbocycles. The third-order valence-electron chi connectivity index (χ3n) is 3.95. The molecule has 2 heterocycles. The number of hydrogen-bond donors (Lipinski definition) is 1. The number of nitrogens with zero attached hydrogens (tertiary/aromatic N) is 1. The molecule has 2 atom stereocenters. The second kappa shape index (κ2) is 5.81. The van der Waals surface area contributed by atoms with Gasteiger partial charge >= 0.3 is 0 Å². The van der Waals surface area contributed by atoms with Gasteiger partial charge in [0, 0.05) is 13.1 Å². The van der Waals surface area contributed by atoms with Crippen molar-refractivity contribution in [2.75, 3.05) is 19.7 Å². The molecular formula is C15H17FN2O3. The molecule has 112 valence electrons. The number of hydrogen-bond acceptors (Lipinski definition) is 3. The summed E-state index contributed by atoms with van der Waals surface area (Å²) in [6.07, 6.45) is 0.963. The van der Waals surface area contributed by atoms with Crippen LogP contribution in [0.5, 0.6) is 0 Å². The van der Waals surface area contributed by atoms with E-state index in [9.17, 15) is 14.0 Å². The van der Waals surface area contributed by atoms with Crippen molar-refractivity contribution < 1.29 is 18.7 Å². The number of nitrogens with one attached hydrogen (secondary N) is 1. The van der Waals surface area contributed by atoms with E-state index in [2.05, 4.69) is 5.32 Å². The Bertz CT molecular complexity index is 546. The van der Waals surface area contributed by atoms with Crippen molar-refractivity contribution in [3.8, 4) is 0 Å². The molecule has 2 aliphatic rings. The van der Waals surface area contributed by atoms with Crippen molar-refractivity contribution in [2.45, 2.75) is 25.0 Å². The largest absolute Gasteiger partial charge is 0.366 e. The third-order valence-corrected chi connectivity index (χ3v) is 3.95. The molecule has 2 amide bonds. The van der Waals surface area contributed by atoms with E-state index in [1.807, 2.05) is 0 Å². The fourth-order valence-electron chi connectivity index (χ4n) is 2.82. The Morgan fingerprint density at radius 1 is 1.38 bits per heavy atom. The summed E-state index contributed by atoms with van der Waals surface area (Å²) in [6.45, 7) is 1.19. The number of amides is 2. The summed E-state index contributed by atoms with van der Waals surface area (Å²) in [5.74, 6) is -0.460. The van der Waals surface area contributed by atoms with E-state index in [0.717, 1.165) is 12.0 Å². The molecule has 0 radical (unpaired) electrons. The summed E-state index contributed by atoms with van der Waals surface area (Å²) in [6, 6.07) is 5.81. The van der Waals surface area contributed by atoms with Crippen LogP contribution in [0.25, 0.3) is 0 Å². The van der Waals surface area contributed by atoms with Gasteiger partial charge in [-0.3, -0.25) is 9.59 Å². The van der Waals surface area contributed by atoms with Crippen LogP contribution >= 0.6 is 0 Å². The highest BCUT2D eigenvalue weighted by Crippen LogP contribution is 2.18. The number of carbonyl (C=O) groups is 2. The van der Waals surface area contributed by atoms with Crippen LogP contribution in [-0.2, 0) is 20.7 Å². The molecule has 2 aliphatic heterocycles. The predicted octanol–water partition coefficient (Wildman–Crippen LogP) is 0.484. The number of ether oxygens (including phenoxy) is 1. The van der Waals surface area contributed by atoms with Crippen LogP contribution in [0.2, 0.25) is 0 Å². The van der Waals surface area contributed by atoms with Gasteiger partial charge in [-0.15, -0.1) is 0 Å². The second-order valence-electron chi connectivity index (χ2n) is 5.46. The van der Waals surface area contributed by atoms with E-state index < -0.39 is 0 Å². The minimum atomic E-state index is -0.311. The van der Waals surface area contributed by atoms with E-state index in [4.69, 9.17) is 4.74 Å². The van der Waals surface area contributed by atoms with Gasteiger partial charge in [-0.2, -0.15) is 0 Å². The zero-order valence-electron chi connectivity index (χ0n) is 11.5. The lowest BCUT2D eigenvalue weighted by molar-refractivity contribution is -0.146. The summed E-state index contributed by atoms with van der Waals surface area (Å²) in [4.78, 5) is 25.4. The molecule has 21 heavy (non-hydrogen) atoms. The average Bonchev–Trinajstić information content (AvgIpc) is 2.48. The Morgan fingerprint density at radius 2 is 2.14 bits per heavy atom. The van der Waals surface area contributed by atoms with Crippen molar-refractivity contribution >= 4 is 11.8 Å². The maximum Gasteiger partial charge on any atom is 0.246 e. The van der Waals surface area contributed by atoms with E-state index >= 15 is 0 Å². The number of rotatable bonds is 2. The lowest BCUT2D eigenvalue weighted by atomic mass is 9.99. The first kappa shape index (κ1) is 14.0. The van der Waals surface area contributed by atoms with Crippen molar-refractivity contribution in [1.29, 1.82) is 0 Å². The minimum Gasteiger partial charge on any atom is -0.366 e. The van der Waals surface area contributed by atoms with Crippen LogP contribution in [0, 0.1) is 5.82 Å². The first-order chi connectivity index (χ1) is 10.1.